The Bertz CT molecular complexity index is 1330. The molecule has 1 heterocycles. The second-order valence-electron chi connectivity index (χ2n) is 7.39. The average Bonchev–Trinajstić information content (AvgIpc) is 3.18. The maximum absolute atomic E-state index is 15.0. The number of rotatable bonds is 7. The summed E-state index contributed by atoms with van der Waals surface area (Å²) in [6.07, 6.45) is -0.0968. The van der Waals surface area contributed by atoms with Crippen molar-refractivity contribution in [3.63, 3.8) is 0 Å². The van der Waals surface area contributed by atoms with E-state index in [-0.39, 0.29) is 36.5 Å². The number of halogens is 3. The first-order valence-corrected chi connectivity index (χ1v) is 10.1. The van der Waals surface area contributed by atoms with E-state index in [0.717, 1.165) is 0 Å². The lowest BCUT2D eigenvalue weighted by Crippen LogP contribution is -2.07. The van der Waals surface area contributed by atoms with Crippen molar-refractivity contribution in [1.82, 2.24) is 0 Å². The summed E-state index contributed by atoms with van der Waals surface area (Å²) in [5.74, 6) is -1.40. The molecule has 0 fully saturated rings. The standard InChI is InChI=1S/C25H20F3NO4/c1-31-23(30)10-15-5-6-18(26)11-21(15)32-13-14-7-17-9-22(27)33-25(17)20(8-14)19-4-2-3-16(12-29)24(19)28/h2-9,11H,10,12-13,29H2,1H3. The second kappa shape index (κ2) is 9.38. The maximum atomic E-state index is 15.0. The lowest BCUT2D eigenvalue weighted by atomic mass is 9.98. The second-order valence-corrected chi connectivity index (χ2v) is 7.39. The highest BCUT2D eigenvalue weighted by Crippen LogP contribution is 2.35. The highest BCUT2D eigenvalue weighted by Gasteiger charge is 2.18. The van der Waals surface area contributed by atoms with Crippen molar-refractivity contribution >= 4 is 16.9 Å². The smallest absolute Gasteiger partial charge is 0.310 e. The van der Waals surface area contributed by atoms with E-state index in [0.29, 0.717) is 27.6 Å². The number of esters is 1. The third kappa shape index (κ3) is 4.70. The fraction of sp³-hybridized carbons (Fsp3) is 0.160. The molecule has 4 rings (SSSR count). The highest BCUT2D eigenvalue weighted by atomic mass is 19.1. The van der Waals surface area contributed by atoms with Gasteiger partial charge in [-0.25, -0.2) is 8.78 Å². The number of hydrogen-bond acceptors (Lipinski definition) is 5. The molecule has 0 unspecified atom stereocenters. The minimum atomic E-state index is -0.815. The summed E-state index contributed by atoms with van der Waals surface area (Å²) < 4.78 is 58.3. The molecule has 0 saturated carbocycles. The van der Waals surface area contributed by atoms with Crippen LogP contribution in [0.15, 0.2) is 59.0 Å². The minimum absolute atomic E-state index is 0.000671. The zero-order valence-corrected chi connectivity index (χ0v) is 17.7. The van der Waals surface area contributed by atoms with E-state index >= 15 is 0 Å². The molecule has 0 aliphatic carbocycles. The number of ether oxygens (including phenoxy) is 2. The molecule has 170 valence electrons. The van der Waals surface area contributed by atoms with Gasteiger partial charge in [-0.05, 0) is 23.8 Å². The zero-order chi connectivity index (χ0) is 23.5. The zero-order valence-electron chi connectivity index (χ0n) is 17.7. The molecule has 0 amide bonds. The van der Waals surface area contributed by atoms with Crippen LogP contribution >= 0.6 is 0 Å². The van der Waals surface area contributed by atoms with Crippen LogP contribution in [0.2, 0.25) is 0 Å². The van der Waals surface area contributed by atoms with Crippen LogP contribution in [-0.2, 0) is 29.1 Å². The fourth-order valence-electron chi connectivity index (χ4n) is 3.61. The first kappa shape index (κ1) is 22.4. The van der Waals surface area contributed by atoms with Crippen molar-refractivity contribution in [2.75, 3.05) is 7.11 Å². The molecule has 33 heavy (non-hydrogen) atoms. The third-order valence-electron chi connectivity index (χ3n) is 5.22. The first-order valence-electron chi connectivity index (χ1n) is 10.1. The van der Waals surface area contributed by atoms with Crippen molar-refractivity contribution in [2.24, 2.45) is 5.73 Å². The molecule has 0 atom stereocenters. The van der Waals surface area contributed by atoms with Gasteiger partial charge in [0.25, 0.3) is 6.01 Å². The Kier molecular flexibility index (Phi) is 6.37. The minimum Gasteiger partial charge on any atom is -0.488 e. The number of furan rings is 1. The van der Waals surface area contributed by atoms with E-state index in [1.54, 1.807) is 30.3 Å². The highest BCUT2D eigenvalue weighted by molar-refractivity contribution is 5.93. The van der Waals surface area contributed by atoms with Gasteiger partial charge in [-0.15, -0.1) is 0 Å². The van der Waals surface area contributed by atoms with Crippen molar-refractivity contribution < 1.29 is 31.9 Å². The van der Waals surface area contributed by atoms with Crippen LogP contribution in [0.5, 0.6) is 5.75 Å². The van der Waals surface area contributed by atoms with Gasteiger partial charge < -0.3 is 19.6 Å². The van der Waals surface area contributed by atoms with Crippen LogP contribution in [0.4, 0.5) is 13.2 Å². The lowest BCUT2D eigenvalue weighted by molar-refractivity contribution is -0.139. The van der Waals surface area contributed by atoms with Gasteiger partial charge in [0.2, 0.25) is 0 Å². The van der Waals surface area contributed by atoms with E-state index in [9.17, 15) is 18.0 Å². The third-order valence-corrected chi connectivity index (χ3v) is 5.22. The SMILES string of the molecule is COC(=O)Cc1ccc(F)cc1OCc1cc(-c2cccc(CN)c2F)c2oc(F)cc2c1. The summed E-state index contributed by atoms with van der Waals surface area (Å²) in [7, 11) is 1.26. The molecule has 0 bridgehead atoms. The van der Waals surface area contributed by atoms with Crippen LogP contribution < -0.4 is 10.5 Å². The van der Waals surface area contributed by atoms with Crippen LogP contribution in [0, 0.1) is 17.6 Å². The maximum Gasteiger partial charge on any atom is 0.310 e. The molecule has 1 aromatic heterocycles. The van der Waals surface area contributed by atoms with Crippen LogP contribution in [0.3, 0.4) is 0 Å². The Labute approximate surface area is 187 Å². The number of carbonyl (C=O) groups excluding carboxylic acids is 1. The lowest BCUT2D eigenvalue weighted by Gasteiger charge is -2.13. The molecular weight excluding hydrogens is 435 g/mol. The first-order chi connectivity index (χ1) is 15.9. The summed E-state index contributed by atoms with van der Waals surface area (Å²) >= 11 is 0. The van der Waals surface area contributed by atoms with Crippen molar-refractivity contribution in [2.45, 2.75) is 19.6 Å². The summed E-state index contributed by atoms with van der Waals surface area (Å²) in [5.41, 5.74) is 7.65. The van der Waals surface area contributed by atoms with E-state index < -0.39 is 23.6 Å². The number of methoxy groups -OCH3 is 1. The number of nitrogens with two attached hydrogens (primary N) is 1. The molecule has 0 spiro atoms. The van der Waals surface area contributed by atoms with E-state index in [4.69, 9.17) is 14.9 Å². The summed E-state index contributed by atoms with van der Waals surface area (Å²) in [6.45, 7) is -0.0494. The number of benzene rings is 3. The molecule has 5 nitrogen and oxygen atoms in total. The number of carbonyl (C=O) groups is 1. The van der Waals surface area contributed by atoms with Crippen LogP contribution in [0.25, 0.3) is 22.1 Å². The summed E-state index contributed by atoms with van der Waals surface area (Å²) in [4.78, 5) is 11.7. The van der Waals surface area contributed by atoms with Crippen LogP contribution in [0.1, 0.15) is 16.7 Å². The summed E-state index contributed by atoms with van der Waals surface area (Å²) in [6, 6.07) is 12.2. The largest absolute Gasteiger partial charge is 0.488 e. The number of hydrogen-bond donors (Lipinski definition) is 1. The van der Waals surface area contributed by atoms with Gasteiger partial charge in [-0.3, -0.25) is 4.79 Å². The van der Waals surface area contributed by atoms with Gasteiger partial charge in [0.15, 0.2) is 0 Å². The fourth-order valence-corrected chi connectivity index (χ4v) is 3.61. The molecule has 0 aliphatic heterocycles. The van der Waals surface area contributed by atoms with E-state index in [1.165, 1.54) is 31.4 Å². The van der Waals surface area contributed by atoms with Crippen molar-refractivity contribution in [1.29, 1.82) is 0 Å². The molecule has 3 aromatic carbocycles. The monoisotopic (exact) mass is 455 g/mol. The molecule has 2 N–H and O–H groups in total. The Hall–Kier alpha value is -3.78. The Morgan fingerprint density at radius 1 is 1.00 bits per heavy atom. The normalized spacial score (nSPS) is 11.1. The predicted octanol–water partition coefficient (Wildman–Crippen LogP) is 5.27. The molecule has 0 radical (unpaired) electrons. The molecule has 8 heteroatoms. The van der Waals surface area contributed by atoms with Gasteiger partial charge in [0.05, 0.1) is 13.5 Å². The number of fused-ring (bicyclic) bond motifs is 1. The van der Waals surface area contributed by atoms with Gasteiger partial charge >= 0.3 is 5.97 Å². The molecule has 4 aromatic rings. The van der Waals surface area contributed by atoms with Gasteiger partial charge in [-0.1, -0.05) is 24.3 Å². The summed E-state index contributed by atoms with van der Waals surface area (Å²) in [5, 5.41) is 0.412. The van der Waals surface area contributed by atoms with Crippen molar-refractivity contribution in [3.05, 3.63) is 88.9 Å². The van der Waals surface area contributed by atoms with Gasteiger partial charge in [-0.2, -0.15) is 4.39 Å². The average molecular weight is 455 g/mol. The Balaban J connectivity index is 1.72. The van der Waals surface area contributed by atoms with E-state index in [2.05, 4.69) is 4.74 Å². The topological polar surface area (TPSA) is 74.7 Å². The van der Waals surface area contributed by atoms with E-state index in [1.807, 2.05) is 0 Å². The van der Waals surface area contributed by atoms with Gasteiger partial charge in [0.1, 0.15) is 29.6 Å². The van der Waals surface area contributed by atoms with Crippen molar-refractivity contribution in [3.8, 4) is 16.9 Å². The molecular formula is C25H20F3NO4. The van der Waals surface area contributed by atoms with Crippen LogP contribution in [-0.4, -0.2) is 13.1 Å². The van der Waals surface area contributed by atoms with Gasteiger partial charge in [0, 0.05) is 46.3 Å². The molecule has 0 saturated heterocycles. The predicted molar refractivity (Wildman–Crippen MR) is 116 cm³/mol. The Morgan fingerprint density at radius 3 is 2.58 bits per heavy atom. The quantitative estimate of drug-likeness (QED) is 0.384. The molecule has 0 aliphatic rings. The Morgan fingerprint density at radius 2 is 1.82 bits per heavy atom.